The van der Waals surface area contributed by atoms with E-state index >= 15 is 0 Å². The second-order valence-electron chi connectivity index (χ2n) is 8.59. The summed E-state index contributed by atoms with van der Waals surface area (Å²) in [6.45, 7) is 16.1. The topological polar surface area (TPSA) is 24.5 Å². The maximum absolute atomic E-state index is 6.22. The number of nitrogens with one attached hydrogen (secondary N) is 1. The van der Waals surface area contributed by atoms with Crippen LogP contribution in [0.15, 0.2) is 0 Å². The van der Waals surface area contributed by atoms with E-state index in [0.717, 1.165) is 13.1 Å². The van der Waals surface area contributed by atoms with Crippen molar-refractivity contribution in [1.29, 1.82) is 0 Å². The highest BCUT2D eigenvalue weighted by atomic mass is 16.5. The van der Waals surface area contributed by atoms with Crippen molar-refractivity contribution in [2.75, 3.05) is 26.2 Å². The molecule has 20 heavy (non-hydrogen) atoms. The number of nitrogens with zero attached hydrogens (tertiary/aromatic N) is 1. The lowest BCUT2D eigenvalue weighted by atomic mass is 9.84. The molecule has 0 spiro atoms. The highest BCUT2D eigenvalue weighted by molar-refractivity contribution is 4.84. The summed E-state index contributed by atoms with van der Waals surface area (Å²) in [5.74, 6) is 0. The van der Waals surface area contributed by atoms with E-state index in [1.54, 1.807) is 0 Å². The van der Waals surface area contributed by atoms with E-state index in [4.69, 9.17) is 4.74 Å². The SMILES string of the molecule is CC1(C)CCCN(CC2CCC(CNC(C)(C)C)O2)C1. The lowest BCUT2D eigenvalue weighted by molar-refractivity contribution is 0.00517. The molecule has 0 bridgehead atoms. The van der Waals surface area contributed by atoms with E-state index in [0.29, 0.717) is 17.6 Å². The molecule has 0 aliphatic carbocycles. The van der Waals surface area contributed by atoms with Crippen molar-refractivity contribution in [2.45, 2.75) is 78.0 Å². The van der Waals surface area contributed by atoms with E-state index in [9.17, 15) is 0 Å². The van der Waals surface area contributed by atoms with Gasteiger partial charge in [0.25, 0.3) is 0 Å². The molecule has 0 radical (unpaired) electrons. The fraction of sp³-hybridized carbons (Fsp3) is 1.00. The second-order valence-corrected chi connectivity index (χ2v) is 8.59. The summed E-state index contributed by atoms with van der Waals surface area (Å²) in [5, 5.41) is 3.56. The molecule has 2 heterocycles. The Balaban J connectivity index is 1.71. The number of ether oxygens (including phenoxy) is 1. The quantitative estimate of drug-likeness (QED) is 0.858. The fourth-order valence-corrected chi connectivity index (χ4v) is 3.47. The van der Waals surface area contributed by atoms with Crippen LogP contribution in [0.2, 0.25) is 0 Å². The normalized spacial score (nSPS) is 31.6. The van der Waals surface area contributed by atoms with Gasteiger partial charge in [0, 0.05) is 25.2 Å². The number of hydrogen-bond acceptors (Lipinski definition) is 3. The largest absolute Gasteiger partial charge is 0.372 e. The van der Waals surface area contributed by atoms with Crippen molar-refractivity contribution in [3.8, 4) is 0 Å². The van der Waals surface area contributed by atoms with Crippen molar-refractivity contribution < 1.29 is 4.74 Å². The first-order valence-electron chi connectivity index (χ1n) is 8.36. The van der Waals surface area contributed by atoms with Gasteiger partial charge in [0.05, 0.1) is 12.2 Å². The maximum atomic E-state index is 6.22. The van der Waals surface area contributed by atoms with Crippen molar-refractivity contribution in [1.82, 2.24) is 10.2 Å². The van der Waals surface area contributed by atoms with Gasteiger partial charge in [-0.05, 0) is 58.4 Å². The zero-order valence-corrected chi connectivity index (χ0v) is 14.2. The van der Waals surface area contributed by atoms with Crippen LogP contribution in [0, 0.1) is 5.41 Å². The van der Waals surface area contributed by atoms with E-state index in [1.165, 1.54) is 38.8 Å². The van der Waals surface area contributed by atoms with E-state index in [1.807, 2.05) is 0 Å². The smallest absolute Gasteiger partial charge is 0.0707 e. The molecule has 2 aliphatic heterocycles. The number of hydrogen-bond donors (Lipinski definition) is 1. The van der Waals surface area contributed by atoms with Crippen molar-refractivity contribution in [3.05, 3.63) is 0 Å². The molecule has 0 aromatic heterocycles. The van der Waals surface area contributed by atoms with Crippen LogP contribution in [0.25, 0.3) is 0 Å². The summed E-state index contributed by atoms with van der Waals surface area (Å²) in [6.07, 6.45) is 6.02. The molecule has 118 valence electrons. The Labute approximate surface area is 125 Å². The van der Waals surface area contributed by atoms with Crippen LogP contribution in [0.3, 0.4) is 0 Å². The molecule has 0 aromatic rings. The first-order chi connectivity index (χ1) is 9.23. The van der Waals surface area contributed by atoms with Gasteiger partial charge in [-0.1, -0.05) is 13.8 Å². The van der Waals surface area contributed by atoms with E-state index in [2.05, 4.69) is 44.8 Å². The zero-order chi connectivity index (χ0) is 14.8. The fourth-order valence-electron chi connectivity index (χ4n) is 3.47. The Morgan fingerprint density at radius 2 is 1.90 bits per heavy atom. The summed E-state index contributed by atoms with van der Waals surface area (Å²) in [6, 6.07) is 0. The van der Waals surface area contributed by atoms with E-state index in [-0.39, 0.29) is 5.54 Å². The monoisotopic (exact) mass is 282 g/mol. The Bertz CT molecular complexity index is 309. The Morgan fingerprint density at radius 1 is 1.20 bits per heavy atom. The minimum atomic E-state index is 0.193. The number of rotatable bonds is 4. The third-order valence-corrected chi connectivity index (χ3v) is 4.50. The van der Waals surface area contributed by atoms with Crippen LogP contribution in [0.1, 0.15) is 60.3 Å². The van der Waals surface area contributed by atoms with Gasteiger partial charge in [-0.3, -0.25) is 0 Å². The molecule has 0 aromatic carbocycles. The average Bonchev–Trinajstić information content (AvgIpc) is 2.72. The second kappa shape index (κ2) is 6.33. The molecule has 2 unspecified atom stereocenters. The summed E-state index contributed by atoms with van der Waals surface area (Å²) in [7, 11) is 0. The van der Waals surface area contributed by atoms with Gasteiger partial charge in [-0.15, -0.1) is 0 Å². The first kappa shape index (κ1) is 16.3. The maximum Gasteiger partial charge on any atom is 0.0707 e. The van der Waals surface area contributed by atoms with Crippen LogP contribution >= 0.6 is 0 Å². The molecular weight excluding hydrogens is 248 g/mol. The molecule has 2 fully saturated rings. The van der Waals surface area contributed by atoms with Gasteiger partial charge in [-0.25, -0.2) is 0 Å². The van der Waals surface area contributed by atoms with Crippen LogP contribution in [0.5, 0.6) is 0 Å². The van der Waals surface area contributed by atoms with Crippen molar-refractivity contribution >= 4 is 0 Å². The van der Waals surface area contributed by atoms with Gasteiger partial charge < -0.3 is 15.0 Å². The highest BCUT2D eigenvalue weighted by Gasteiger charge is 2.31. The molecule has 3 heteroatoms. The average molecular weight is 282 g/mol. The molecule has 2 atom stereocenters. The molecular formula is C17H34N2O. The van der Waals surface area contributed by atoms with Gasteiger partial charge in [0.2, 0.25) is 0 Å². The number of likely N-dealkylation sites (tertiary alicyclic amines) is 1. The summed E-state index contributed by atoms with van der Waals surface area (Å²) < 4.78 is 6.22. The molecule has 3 nitrogen and oxygen atoms in total. The van der Waals surface area contributed by atoms with Crippen molar-refractivity contribution in [3.63, 3.8) is 0 Å². The summed E-state index contributed by atoms with van der Waals surface area (Å²) >= 11 is 0. The molecule has 0 amide bonds. The van der Waals surface area contributed by atoms with Gasteiger partial charge in [0.1, 0.15) is 0 Å². The molecule has 2 saturated heterocycles. The van der Waals surface area contributed by atoms with Crippen molar-refractivity contribution in [2.24, 2.45) is 5.41 Å². The lowest BCUT2D eigenvalue weighted by Crippen LogP contribution is -2.44. The van der Waals surface area contributed by atoms with Crippen LogP contribution in [0.4, 0.5) is 0 Å². The van der Waals surface area contributed by atoms with Crippen LogP contribution in [-0.4, -0.2) is 48.8 Å². The Kier molecular flexibility index (Phi) is 5.14. The van der Waals surface area contributed by atoms with Gasteiger partial charge in [0.15, 0.2) is 0 Å². The standard InChI is InChI=1S/C17H34N2O/c1-16(2,3)18-11-14-7-8-15(20-14)12-19-10-6-9-17(4,5)13-19/h14-15,18H,6-13H2,1-5H3. The van der Waals surface area contributed by atoms with Crippen LogP contribution < -0.4 is 5.32 Å². The lowest BCUT2D eigenvalue weighted by Gasteiger charge is -2.39. The minimum Gasteiger partial charge on any atom is -0.372 e. The predicted octanol–water partition coefficient (Wildman–Crippen LogP) is 3.04. The third-order valence-electron chi connectivity index (χ3n) is 4.50. The first-order valence-corrected chi connectivity index (χ1v) is 8.36. The Morgan fingerprint density at radius 3 is 2.55 bits per heavy atom. The zero-order valence-electron chi connectivity index (χ0n) is 14.2. The predicted molar refractivity (Wildman–Crippen MR) is 85.1 cm³/mol. The van der Waals surface area contributed by atoms with Crippen LogP contribution in [-0.2, 0) is 4.74 Å². The molecule has 2 aliphatic rings. The minimum absolute atomic E-state index is 0.193. The summed E-state index contributed by atoms with van der Waals surface area (Å²) in [5.41, 5.74) is 0.683. The van der Waals surface area contributed by atoms with E-state index < -0.39 is 0 Å². The third kappa shape index (κ3) is 5.34. The Hall–Kier alpha value is -0.120. The molecule has 1 N–H and O–H groups in total. The molecule has 0 saturated carbocycles. The van der Waals surface area contributed by atoms with Gasteiger partial charge >= 0.3 is 0 Å². The molecule has 2 rings (SSSR count). The van der Waals surface area contributed by atoms with Gasteiger partial charge in [-0.2, -0.15) is 0 Å². The number of piperidine rings is 1. The summed E-state index contributed by atoms with van der Waals surface area (Å²) in [4.78, 5) is 2.62. The highest BCUT2D eigenvalue weighted by Crippen LogP contribution is 2.29.